The van der Waals surface area contributed by atoms with Crippen molar-refractivity contribution in [3.63, 3.8) is 0 Å². The van der Waals surface area contributed by atoms with E-state index in [1.165, 1.54) is 12.1 Å². The van der Waals surface area contributed by atoms with Gasteiger partial charge in [0.05, 0.1) is 9.79 Å². The Morgan fingerprint density at radius 3 is 1.39 bits per heavy atom. The number of oxime groups is 1. The molecular formula is C23H23N3O5S2. The number of sulfonamides is 2. The monoisotopic (exact) mass is 485 g/mol. The van der Waals surface area contributed by atoms with Crippen molar-refractivity contribution in [2.45, 2.75) is 59.4 Å². The van der Waals surface area contributed by atoms with Crippen LogP contribution in [0, 0.1) is 11.8 Å². The van der Waals surface area contributed by atoms with Gasteiger partial charge in [0, 0.05) is 22.2 Å². The fourth-order valence-corrected chi connectivity index (χ4v) is 9.31. The fraction of sp³-hybridized carbons (Fsp3) is 0.435. The van der Waals surface area contributed by atoms with E-state index in [4.69, 9.17) is 0 Å². The van der Waals surface area contributed by atoms with Crippen molar-refractivity contribution in [1.29, 1.82) is 0 Å². The first-order chi connectivity index (χ1) is 15.6. The molecule has 0 amide bonds. The molecule has 4 bridgehead atoms. The highest BCUT2D eigenvalue weighted by atomic mass is 32.2. The Kier molecular flexibility index (Phi) is 3.69. The maximum atomic E-state index is 13.0. The number of nitrogens with zero attached hydrogens (tertiary/aromatic N) is 1. The molecule has 2 aromatic rings. The lowest BCUT2D eigenvalue weighted by molar-refractivity contribution is -0.0319. The van der Waals surface area contributed by atoms with E-state index >= 15 is 0 Å². The largest absolute Gasteiger partial charge is 0.410 e. The zero-order chi connectivity index (χ0) is 22.8. The van der Waals surface area contributed by atoms with Gasteiger partial charge in [0.25, 0.3) is 0 Å². The molecule has 3 N–H and O–H groups in total. The topological polar surface area (TPSA) is 125 Å². The average Bonchev–Trinajstić information content (AvgIpc) is 2.98. The van der Waals surface area contributed by atoms with Crippen molar-refractivity contribution < 1.29 is 22.0 Å². The first kappa shape index (κ1) is 20.1. The van der Waals surface area contributed by atoms with Crippen molar-refractivity contribution >= 4 is 25.8 Å². The summed E-state index contributed by atoms with van der Waals surface area (Å²) in [6.07, 6.45) is 5.33. The molecule has 0 saturated heterocycles. The summed E-state index contributed by atoms with van der Waals surface area (Å²) in [4.78, 5) is 0.219. The van der Waals surface area contributed by atoms with Crippen LogP contribution in [0.2, 0.25) is 0 Å². The van der Waals surface area contributed by atoms with Gasteiger partial charge in [0.15, 0.2) is 0 Å². The third kappa shape index (κ3) is 2.72. The smallest absolute Gasteiger partial charge is 0.241 e. The van der Waals surface area contributed by atoms with E-state index in [0.29, 0.717) is 34.1 Å². The van der Waals surface area contributed by atoms with Crippen LogP contribution in [0.1, 0.15) is 49.7 Å². The van der Waals surface area contributed by atoms with Crippen LogP contribution in [0.15, 0.2) is 51.3 Å². The van der Waals surface area contributed by atoms with Crippen LogP contribution in [0.25, 0.3) is 11.1 Å². The van der Waals surface area contributed by atoms with Gasteiger partial charge in [-0.25, -0.2) is 26.3 Å². The number of benzene rings is 2. The molecule has 6 saturated carbocycles. The number of rotatable bonds is 6. The second-order valence-electron chi connectivity index (χ2n) is 10.6. The normalized spacial score (nSPS) is 32.5. The van der Waals surface area contributed by atoms with Crippen LogP contribution < -0.4 is 9.44 Å². The molecule has 2 aromatic carbocycles. The number of hydrogen-bond donors (Lipinski definition) is 3. The molecule has 0 aliphatic heterocycles. The lowest BCUT2D eigenvalue weighted by Gasteiger charge is -2.61. The lowest BCUT2D eigenvalue weighted by atomic mass is 9.50. The van der Waals surface area contributed by atoms with Gasteiger partial charge in [-0.3, -0.25) is 0 Å². The first-order valence-corrected chi connectivity index (χ1v) is 14.2. The van der Waals surface area contributed by atoms with Gasteiger partial charge in [-0.15, -0.1) is 0 Å². The van der Waals surface area contributed by atoms with E-state index in [-0.39, 0.29) is 26.6 Å². The van der Waals surface area contributed by atoms with Gasteiger partial charge in [-0.1, -0.05) is 17.3 Å². The highest BCUT2D eigenvalue weighted by Crippen LogP contribution is 2.58. The van der Waals surface area contributed by atoms with E-state index < -0.39 is 20.0 Å². The Labute approximate surface area is 192 Å². The molecule has 0 heterocycles. The molecular weight excluding hydrogens is 462 g/mol. The zero-order valence-corrected chi connectivity index (χ0v) is 19.3. The predicted octanol–water partition coefficient (Wildman–Crippen LogP) is 2.56. The molecule has 7 aliphatic carbocycles. The summed E-state index contributed by atoms with van der Waals surface area (Å²) in [5.74, 6) is 1.29. The molecule has 172 valence electrons. The Morgan fingerprint density at radius 2 is 1.09 bits per heavy atom. The zero-order valence-electron chi connectivity index (χ0n) is 17.7. The van der Waals surface area contributed by atoms with Crippen LogP contribution in [-0.2, 0) is 20.0 Å². The summed E-state index contributed by atoms with van der Waals surface area (Å²) in [5, 5.41) is 13.2. The predicted molar refractivity (Wildman–Crippen MR) is 120 cm³/mol. The van der Waals surface area contributed by atoms with Gasteiger partial charge in [0.1, 0.15) is 5.71 Å². The molecule has 7 aliphatic rings. The van der Waals surface area contributed by atoms with E-state index in [1.807, 2.05) is 0 Å². The molecule has 0 spiro atoms. The van der Waals surface area contributed by atoms with Crippen LogP contribution in [0.3, 0.4) is 0 Å². The summed E-state index contributed by atoms with van der Waals surface area (Å²) >= 11 is 0. The van der Waals surface area contributed by atoms with Crippen LogP contribution >= 0.6 is 0 Å². The standard InChI is InChI=1S/C23H23N3O5S2/c27-24-21-19-5-15(32(28,29)25-22-7-13(8-22)9-22)1-3-17(19)18-4-2-16(6-20(18)21)33(30,31)26-23-10-14(11-23)12-23/h1-6,13-14,25-27H,7-12H2. The van der Waals surface area contributed by atoms with E-state index in [1.54, 1.807) is 24.3 Å². The highest BCUT2D eigenvalue weighted by Gasteiger charge is 2.59. The lowest BCUT2D eigenvalue weighted by Crippen LogP contribution is -2.67. The van der Waals surface area contributed by atoms with Gasteiger partial charge in [-0.2, -0.15) is 0 Å². The maximum absolute atomic E-state index is 13.0. The number of nitrogens with one attached hydrogen (secondary N) is 2. The van der Waals surface area contributed by atoms with Crippen molar-refractivity contribution in [2.75, 3.05) is 0 Å². The average molecular weight is 486 g/mol. The minimum atomic E-state index is -3.72. The minimum Gasteiger partial charge on any atom is -0.410 e. The van der Waals surface area contributed by atoms with E-state index in [0.717, 1.165) is 38.5 Å². The van der Waals surface area contributed by atoms with Crippen LogP contribution in [0.4, 0.5) is 0 Å². The Morgan fingerprint density at radius 1 is 0.697 bits per heavy atom. The molecule has 6 fully saturated rings. The molecule has 0 atom stereocenters. The molecule has 10 heteroatoms. The fourth-order valence-electron chi connectivity index (χ4n) is 6.39. The minimum absolute atomic E-state index is 0.109. The van der Waals surface area contributed by atoms with Crippen molar-refractivity contribution in [1.82, 2.24) is 9.44 Å². The summed E-state index contributed by atoms with van der Waals surface area (Å²) < 4.78 is 57.6. The van der Waals surface area contributed by atoms with E-state index in [2.05, 4.69) is 14.6 Å². The van der Waals surface area contributed by atoms with Gasteiger partial charge < -0.3 is 5.21 Å². The Bertz CT molecular complexity index is 1350. The quantitative estimate of drug-likeness (QED) is 0.366. The molecule has 33 heavy (non-hydrogen) atoms. The van der Waals surface area contributed by atoms with Crippen molar-refractivity contribution in [2.24, 2.45) is 17.0 Å². The summed E-state index contributed by atoms with van der Waals surface area (Å²) in [6, 6.07) is 9.49. The highest BCUT2D eigenvalue weighted by molar-refractivity contribution is 7.89. The van der Waals surface area contributed by atoms with Gasteiger partial charge >= 0.3 is 0 Å². The number of fused-ring (bicyclic) bond motifs is 3. The second-order valence-corrected chi connectivity index (χ2v) is 14.0. The number of hydrogen-bond acceptors (Lipinski definition) is 6. The summed E-state index contributed by atoms with van der Waals surface area (Å²) in [5.41, 5.74) is 1.93. The first-order valence-electron chi connectivity index (χ1n) is 11.2. The summed E-state index contributed by atoms with van der Waals surface area (Å²) in [6.45, 7) is 0. The Balaban J connectivity index is 1.23. The SMILES string of the molecule is O=S(=O)(NC12CC(C1)C2)c1ccc2c(c1)C(=NO)c1cc(S(=O)(=O)NC34CC(C3)C4)ccc1-2. The molecule has 0 aromatic heterocycles. The van der Waals surface area contributed by atoms with Crippen molar-refractivity contribution in [3.8, 4) is 11.1 Å². The molecule has 0 radical (unpaired) electrons. The van der Waals surface area contributed by atoms with Gasteiger partial charge in [0.2, 0.25) is 20.0 Å². The van der Waals surface area contributed by atoms with Crippen LogP contribution in [0.5, 0.6) is 0 Å². The second kappa shape index (κ2) is 6.04. The van der Waals surface area contributed by atoms with E-state index in [9.17, 15) is 22.0 Å². The van der Waals surface area contributed by atoms with Crippen molar-refractivity contribution in [3.05, 3.63) is 47.5 Å². The third-order valence-electron chi connectivity index (χ3n) is 8.28. The third-order valence-corrected chi connectivity index (χ3v) is 11.4. The molecule has 8 nitrogen and oxygen atoms in total. The van der Waals surface area contributed by atoms with Gasteiger partial charge in [-0.05, 0) is 85.8 Å². The molecule has 0 unspecified atom stereocenters. The summed E-state index contributed by atoms with van der Waals surface area (Å²) in [7, 11) is -7.44. The van der Waals surface area contributed by atoms with Crippen LogP contribution in [-0.4, -0.2) is 38.8 Å². The Hall–Kier alpha value is -2.27. The molecule has 9 rings (SSSR count). The maximum Gasteiger partial charge on any atom is 0.241 e.